The van der Waals surface area contributed by atoms with Crippen LogP contribution in [-0.4, -0.2) is 29.6 Å². The molecule has 1 aliphatic rings. The van der Waals surface area contributed by atoms with Crippen molar-refractivity contribution in [1.29, 1.82) is 0 Å². The maximum absolute atomic E-state index is 12.6. The Bertz CT molecular complexity index is 550. The molecule has 1 aromatic rings. The van der Waals surface area contributed by atoms with Crippen molar-refractivity contribution < 1.29 is 4.79 Å². The van der Waals surface area contributed by atoms with Crippen LogP contribution in [0.25, 0.3) is 0 Å². The van der Waals surface area contributed by atoms with Gasteiger partial charge in [0.05, 0.1) is 0 Å². The molecule has 2 atom stereocenters. The quantitative estimate of drug-likeness (QED) is 0.738. The van der Waals surface area contributed by atoms with E-state index in [1.54, 1.807) is 0 Å². The average molecular weight is 314 g/mol. The van der Waals surface area contributed by atoms with Crippen molar-refractivity contribution in [2.24, 2.45) is 0 Å². The van der Waals surface area contributed by atoms with Crippen molar-refractivity contribution in [2.45, 2.75) is 65.6 Å². The Morgan fingerprint density at radius 3 is 2.57 bits per heavy atom. The van der Waals surface area contributed by atoms with Crippen LogP contribution in [0.4, 0.5) is 0 Å². The highest BCUT2D eigenvalue weighted by Gasteiger charge is 2.36. The fraction of sp³-hybridized carbons (Fsp3) is 0.550. The lowest BCUT2D eigenvalue weighted by molar-refractivity contribution is -0.129. The maximum atomic E-state index is 12.6. The molecule has 0 saturated carbocycles. The maximum Gasteiger partial charge on any atom is 0.251 e. The van der Waals surface area contributed by atoms with E-state index in [0.29, 0.717) is 0 Å². The lowest BCUT2D eigenvalue weighted by Crippen LogP contribution is -2.49. The normalized spacial score (nSPS) is 19.6. The predicted octanol–water partition coefficient (Wildman–Crippen LogP) is 3.90. The van der Waals surface area contributed by atoms with E-state index >= 15 is 0 Å². The van der Waals surface area contributed by atoms with E-state index in [4.69, 9.17) is 0 Å². The second-order valence-electron chi connectivity index (χ2n) is 6.60. The first-order chi connectivity index (χ1) is 11.1. The van der Waals surface area contributed by atoms with E-state index in [1.165, 1.54) is 17.6 Å². The van der Waals surface area contributed by atoms with Crippen LogP contribution in [0.15, 0.2) is 41.5 Å². The molecule has 1 N–H and O–H groups in total. The third-order valence-corrected chi connectivity index (χ3v) is 4.87. The van der Waals surface area contributed by atoms with Gasteiger partial charge in [-0.15, -0.1) is 0 Å². The number of benzene rings is 1. The van der Waals surface area contributed by atoms with Crippen LogP contribution in [0.3, 0.4) is 0 Å². The summed E-state index contributed by atoms with van der Waals surface area (Å²) in [5.74, 6) is 0.192. The molecule has 23 heavy (non-hydrogen) atoms. The molecule has 0 radical (unpaired) electrons. The molecule has 1 heterocycles. The van der Waals surface area contributed by atoms with Crippen molar-refractivity contribution in [2.75, 3.05) is 6.54 Å². The van der Waals surface area contributed by atoms with Gasteiger partial charge in [0, 0.05) is 11.6 Å². The number of amides is 1. The van der Waals surface area contributed by atoms with E-state index in [9.17, 15) is 4.79 Å². The van der Waals surface area contributed by atoms with E-state index in [1.807, 2.05) is 17.9 Å². The van der Waals surface area contributed by atoms with E-state index in [2.05, 4.69) is 50.4 Å². The van der Waals surface area contributed by atoms with Crippen molar-refractivity contribution in [1.82, 2.24) is 10.2 Å². The van der Waals surface area contributed by atoms with Crippen LogP contribution in [0, 0.1) is 0 Å². The zero-order valence-electron chi connectivity index (χ0n) is 14.9. The number of hydrogen-bond donors (Lipinski definition) is 1. The van der Waals surface area contributed by atoms with Crippen LogP contribution >= 0.6 is 0 Å². The number of unbranched alkanes of at least 4 members (excludes halogenated alkanes) is 1. The molecule has 0 fully saturated rings. The third kappa shape index (κ3) is 4.23. The zero-order valence-corrected chi connectivity index (χ0v) is 14.9. The Hall–Kier alpha value is -1.61. The summed E-state index contributed by atoms with van der Waals surface area (Å²) in [4.78, 5) is 14.7. The predicted molar refractivity (Wildman–Crippen MR) is 96.1 cm³/mol. The molecule has 0 unspecified atom stereocenters. The van der Waals surface area contributed by atoms with Gasteiger partial charge in [0.15, 0.2) is 0 Å². The summed E-state index contributed by atoms with van der Waals surface area (Å²) in [6.07, 6.45) is 4.37. The van der Waals surface area contributed by atoms with Gasteiger partial charge >= 0.3 is 0 Å². The average Bonchev–Trinajstić information content (AvgIpc) is 2.78. The number of hydrogen-bond acceptors (Lipinski definition) is 2. The topological polar surface area (TPSA) is 32.3 Å². The lowest BCUT2D eigenvalue weighted by atomic mass is 10.0. The summed E-state index contributed by atoms with van der Waals surface area (Å²) in [6, 6.07) is 10.7. The molecule has 0 aliphatic carbocycles. The van der Waals surface area contributed by atoms with Crippen LogP contribution in [-0.2, 0) is 11.2 Å². The van der Waals surface area contributed by atoms with Gasteiger partial charge in [-0.3, -0.25) is 10.1 Å². The fourth-order valence-corrected chi connectivity index (χ4v) is 3.17. The largest absolute Gasteiger partial charge is 0.317 e. The first-order valence-corrected chi connectivity index (χ1v) is 8.83. The van der Waals surface area contributed by atoms with Gasteiger partial charge in [0.2, 0.25) is 0 Å². The Morgan fingerprint density at radius 2 is 1.91 bits per heavy atom. The Kier molecular flexibility index (Phi) is 6.40. The smallest absolute Gasteiger partial charge is 0.251 e. The summed E-state index contributed by atoms with van der Waals surface area (Å²) in [7, 11) is 0. The van der Waals surface area contributed by atoms with Crippen molar-refractivity contribution in [3.8, 4) is 0 Å². The molecule has 3 heteroatoms. The van der Waals surface area contributed by atoms with Crippen molar-refractivity contribution >= 4 is 5.91 Å². The number of carbonyl (C=O) groups is 1. The first-order valence-electron chi connectivity index (χ1n) is 8.83. The Balaban J connectivity index is 2.01. The molecule has 1 amide bonds. The van der Waals surface area contributed by atoms with Crippen molar-refractivity contribution in [3.05, 3.63) is 47.0 Å². The zero-order chi connectivity index (χ0) is 16.8. The molecule has 1 aliphatic heterocycles. The second kappa shape index (κ2) is 8.30. The lowest BCUT2D eigenvalue weighted by Gasteiger charge is -2.33. The van der Waals surface area contributed by atoms with Crippen LogP contribution in [0.2, 0.25) is 0 Å². The summed E-state index contributed by atoms with van der Waals surface area (Å²) < 4.78 is 0. The van der Waals surface area contributed by atoms with Crippen LogP contribution < -0.4 is 5.32 Å². The molecule has 126 valence electrons. The fourth-order valence-electron chi connectivity index (χ4n) is 3.17. The Morgan fingerprint density at radius 1 is 1.22 bits per heavy atom. The summed E-state index contributed by atoms with van der Waals surface area (Å²) >= 11 is 0. The molecule has 0 spiro atoms. The molecule has 1 aromatic carbocycles. The van der Waals surface area contributed by atoms with Gasteiger partial charge in [-0.05, 0) is 57.7 Å². The van der Waals surface area contributed by atoms with Gasteiger partial charge in [-0.1, -0.05) is 43.7 Å². The number of rotatable bonds is 8. The third-order valence-electron chi connectivity index (χ3n) is 4.87. The minimum Gasteiger partial charge on any atom is -0.317 e. The summed E-state index contributed by atoms with van der Waals surface area (Å²) in [6.45, 7) is 9.36. The van der Waals surface area contributed by atoms with Gasteiger partial charge < -0.3 is 4.90 Å². The molecular weight excluding hydrogens is 284 g/mol. The Labute approximate surface area is 140 Å². The van der Waals surface area contributed by atoms with Gasteiger partial charge in [0.25, 0.3) is 5.91 Å². The summed E-state index contributed by atoms with van der Waals surface area (Å²) in [5.41, 5.74) is 3.42. The minimum absolute atomic E-state index is 0.0693. The number of nitrogens with zero attached hydrogens (tertiary/aromatic N) is 1. The number of carbonyl (C=O) groups excluding carboxylic acids is 1. The molecule has 3 nitrogen and oxygen atoms in total. The monoisotopic (exact) mass is 314 g/mol. The van der Waals surface area contributed by atoms with Crippen LogP contribution in [0.1, 0.15) is 52.5 Å². The van der Waals surface area contributed by atoms with E-state index in [-0.39, 0.29) is 18.1 Å². The molecule has 0 aromatic heterocycles. The number of aryl methyl sites for hydroxylation is 1. The molecule has 0 saturated heterocycles. The summed E-state index contributed by atoms with van der Waals surface area (Å²) in [5, 5.41) is 3.57. The highest BCUT2D eigenvalue weighted by molar-refractivity contribution is 5.97. The van der Waals surface area contributed by atoms with Gasteiger partial charge in [-0.25, -0.2) is 0 Å². The van der Waals surface area contributed by atoms with Gasteiger partial charge in [0.1, 0.15) is 6.17 Å². The van der Waals surface area contributed by atoms with Gasteiger partial charge in [-0.2, -0.15) is 0 Å². The van der Waals surface area contributed by atoms with Crippen LogP contribution in [0.5, 0.6) is 0 Å². The number of nitrogens with one attached hydrogen (secondary N) is 1. The van der Waals surface area contributed by atoms with Crippen molar-refractivity contribution in [3.63, 3.8) is 0 Å². The van der Waals surface area contributed by atoms with E-state index < -0.39 is 0 Å². The molecule has 0 bridgehead atoms. The molecular formula is C20H30N2O. The highest BCUT2D eigenvalue weighted by Crippen LogP contribution is 2.27. The standard InChI is InChI=1S/C20H30N2O/c1-5-6-14-21-19-16(3)17(4)20(23)22(19)15(2)12-13-18-10-8-7-9-11-18/h7-11,15,19,21H,5-6,12-14H2,1-4H3/t15-,19-/m1/s1. The van der Waals surface area contributed by atoms with E-state index in [0.717, 1.165) is 31.4 Å². The SMILES string of the molecule is CCCCN[C@H]1C(C)=C(C)C(=O)N1[C@H](C)CCc1ccccc1. The first kappa shape index (κ1) is 17.7. The highest BCUT2D eigenvalue weighted by atomic mass is 16.2. The molecule has 2 rings (SSSR count). The minimum atomic E-state index is 0.0693. The second-order valence-corrected chi connectivity index (χ2v) is 6.60.